The first-order chi connectivity index (χ1) is 9.40. The molecule has 0 aromatic heterocycles. The second kappa shape index (κ2) is 5.46. The SMILES string of the molecule is Cc1cccc(Cl)c1NC(=O)c1cc(N)c(F)cc1F. The summed E-state index contributed by atoms with van der Waals surface area (Å²) in [5, 5.41) is 2.82. The van der Waals surface area contributed by atoms with Crippen molar-refractivity contribution < 1.29 is 13.6 Å². The second-order valence-corrected chi connectivity index (χ2v) is 4.65. The summed E-state index contributed by atoms with van der Waals surface area (Å²) in [6.07, 6.45) is 0. The Hall–Kier alpha value is -2.14. The van der Waals surface area contributed by atoms with E-state index in [1.165, 1.54) is 0 Å². The normalized spacial score (nSPS) is 10.4. The summed E-state index contributed by atoms with van der Waals surface area (Å²) in [7, 11) is 0. The van der Waals surface area contributed by atoms with Crippen LogP contribution in [0.1, 0.15) is 15.9 Å². The highest BCUT2D eigenvalue weighted by Crippen LogP contribution is 2.26. The van der Waals surface area contributed by atoms with Crippen molar-refractivity contribution in [3.8, 4) is 0 Å². The zero-order valence-electron chi connectivity index (χ0n) is 10.5. The third kappa shape index (κ3) is 2.72. The lowest BCUT2D eigenvalue weighted by molar-refractivity contribution is 0.102. The minimum Gasteiger partial charge on any atom is -0.396 e. The van der Waals surface area contributed by atoms with Crippen LogP contribution in [0.4, 0.5) is 20.2 Å². The molecular formula is C14H11ClF2N2O. The summed E-state index contributed by atoms with van der Waals surface area (Å²) in [4.78, 5) is 12.0. The number of hydrogen-bond donors (Lipinski definition) is 2. The minimum absolute atomic E-state index is 0.299. The Morgan fingerprint density at radius 2 is 1.95 bits per heavy atom. The molecule has 2 rings (SSSR count). The Balaban J connectivity index is 2.36. The maximum Gasteiger partial charge on any atom is 0.258 e. The van der Waals surface area contributed by atoms with Gasteiger partial charge in [-0.15, -0.1) is 0 Å². The lowest BCUT2D eigenvalue weighted by atomic mass is 10.1. The molecule has 0 saturated carbocycles. The molecule has 6 heteroatoms. The van der Waals surface area contributed by atoms with Gasteiger partial charge in [0.05, 0.1) is 22.0 Å². The van der Waals surface area contributed by atoms with Crippen LogP contribution in [-0.2, 0) is 0 Å². The minimum atomic E-state index is -0.987. The molecule has 0 aliphatic heterocycles. The number of halogens is 3. The van der Waals surface area contributed by atoms with Crippen LogP contribution in [0.3, 0.4) is 0 Å². The third-order valence-corrected chi connectivity index (χ3v) is 3.11. The number of nitrogen functional groups attached to an aromatic ring is 1. The Morgan fingerprint density at radius 1 is 1.25 bits per heavy atom. The van der Waals surface area contributed by atoms with Gasteiger partial charge in [-0.3, -0.25) is 4.79 Å². The number of amides is 1. The number of hydrogen-bond acceptors (Lipinski definition) is 2. The molecule has 2 aromatic carbocycles. The van der Waals surface area contributed by atoms with Crippen molar-refractivity contribution in [1.29, 1.82) is 0 Å². The molecule has 104 valence electrons. The van der Waals surface area contributed by atoms with Crippen molar-refractivity contribution in [3.63, 3.8) is 0 Å². The fourth-order valence-electron chi connectivity index (χ4n) is 1.71. The molecular weight excluding hydrogens is 286 g/mol. The quantitative estimate of drug-likeness (QED) is 0.829. The van der Waals surface area contributed by atoms with E-state index in [9.17, 15) is 13.6 Å². The number of nitrogens with one attached hydrogen (secondary N) is 1. The predicted molar refractivity (Wildman–Crippen MR) is 74.9 cm³/mol. The molecule has 0 heterocycles. The number of para-hydroxylation sites is 1. The van der Waals surface area contributed by atoms with E-state index in [4.69, 9.17) is 17.3 Å². The number of carbonyl (C=O) groups excluding carboxylic acids is 1. The van der Waals surface area contributed by atoms with Crippen LogP contribution in [0.25, 0.3) is 0 Å². The topological polar surface area (TPSA) is 55.1 Å². The fraction of sp³-hybridized carbons (Fsp3) is 0.0714. The van der Waals surface area contributed by atoms with Gasteiger partial charge in [0, 0.05) is 6.07 Å². The maximum atomic E-state index is 13.6. The highest BCUT2D eigenvalue weighted by atomic mass is 35.5. The molecule has 1 amide bonds. The fourth-order valence-corrected chi connectivity index (χ4v) is 1.98. The van der Waals surface area contributed by atoms with Gasteiger partial charge < -0.3 is 11.1 Å². The molecule has 2 aromatic rings. The summed E-state index contributed by atoms with van der Waals surface area (Å²) < 4.78 is 26.7. The van der Waals surface area contributed by atoms with Crippen molar-refractivity contribution in [1.82, 2.24) is 0 Å². The van der Waals surface area contributed by atoms with Crippen LogP contribution in [0.5, 0.6) is 0 Å². The zero-order valence-corrected chi connectivity index (χ0v) is 11.3. The lowest BCUT2D eigenvalue weighted by Gasteiger charge is -2.11. The van der Waals surface area contributed by atoms with Crippen LogP contribution in [0.15, 0.2) is 30.3 Å². The van der Waals surface area contributed by atoms with E-state index in [0.717, 1.165) is 11.6 Å². The van der Waals surface area contributed by atoms with Crippen molar-refractivity contribution in [2.75, 3.05) is 11.1 Å². The second-order valence-electron chi connectivity index (χ2n) is 4.24. The number of anilines is 2. The molecule has 3 N–H and O–H groups in total. The average Bonchev–Trinajstić information content (AvgIpc) is 2.38. The van der Waals surface area contributed by atoms with Gasteiger partial charge in [0.15, 0.2) is 0 Å². The van der Waals surface area contributed by atoms with E-state index in [2.05, 4.69) is 5.32 Å². The third-order valence-electron chi connectivity index (χ3n) is 2.79. The standard InChI is InChI=1S/C14H11ClF2N2O/c1-7-3-2-4-9(15)13(7)19-14(20)8-5-12(18)11(17)6-10(8)16/h2-6H,18H2,1H3,(H,19,20). The predicted octanol–water partition coefficient (Wildman–Crippen LogP) is 3.76. The summed E-state index contributed by atoms with van der Waals surface area (Å²) in [5.41, 5.74) is 5.79. The molecule has 0 radical (unpaired) electrons. The largest absolute Gasteiger partial charge is 0.396 e. The first kappa shape index (κ1) is 14.3. The van der Waals surface area contributed by atoms with Crippen LogP contribution in [0.2, 0.25) is 5.02 Å². The van der Waals surface area contributed by atoms with Gasteiger partial charge in [0.1, 0.15) is 11.6 Å². The van der Waals surface area contributed by atoms with Crippen LogP contribution >= 0.6 is 11.6 Å². The Bertz CT molecular complexity index is 669. The highest BCUT2D eigenvalue weighted by molar-refractivity contribution is 6.34. The van der Waals surface area contributed by atoms with Crippen molar-refractivity contribution in [2.24, 2.45) is 0 Å². The number of rotatable bonds is 2. The smallest absolute Gasteiger partial charge is 0.258 e. The van der Waals surface area contributed by atoms with E-state index < -0.39 is 17.5 Å². The monoisotopic (exact) mass is 296 g/mol. The highest BCUT2D eigenvalue weighted by Gasteiger charge is 2.16. The molecule has 0 fully saturated rings. The molecule has 20 heavy (non-hydrogen) atoms. The summed E-state index contributed by atoms with van der Waals surface area (Å²) in [6, 6.07) is 6.59. The summed E-state index contributed by atoms with van der Waals surface area (Å²) in [6.45, 7) is 1.75. The number of benzene rings is 2. The van der Waals surface area contributed by atoms with Gasteiger partial charge in [0.25, 0.3) is 5.91 Å². The van der Waals surface area contributed by atoms with Crippen LogP contribution in [0, 0.1) is 18.6 Å². The molecule has 0 spiro atoms. The Kier molecular flexibility index (Phi) is 3.90. The number of nitrogens with two attached hydrogens (primary N) is 1. The molecule has 0 aliphatic carbocycles. The van der Waals surface area contributed by atoms with Crippen LogP contribution in [-0.4, -0.2) is 5.91 Å². The van der Waals surface area contributed by atoms with Crippen molar-refractivity contribution in [2.45, 2.75) is 6.92 Å². The first-order valence-electron chi connectivity index (χ1n) is 5.71. The molecule has 3 nitrogen and oxygen atoms in total. The summed E-state index contributed by atoms with van der Waals surface area (Å²) in [5.74, 6) is -2.64. The molecule has 0 aliphatic rings. The summed E-state index contributed by atoms with van der Waals surface area (Å²) >= 11 is 5.96. The number of carbonyl (C=O) groups is 1. The first-order valence-corrected chi connectivity index (χ1v) is 6.09. The van der Waals surface area contributed by atoms with Gasteiger partial charge in [-0.1, -0.05) is 23.7 Å². The van der Waals surface area contributed by atoms with E-state index >= 15 is 0 Å². The zero-order chi connectivity index (χ0) is 14.9. The lowest BCUT2D eigenvalue weighted by Crippen LogP contribution is -2.15. The van der Waals surface area contributed by atoms with Crippen LogP contribution < -0.4 is 11.1 Å². The van der Waals surface area contributed by atoms with Gasteiger partial charge in [-0.05, 0) is 24.6 Å². The van der Waals surface area contributed by atoms with Crippen molar-refractivity contribution >= 4 is 28.9 Å². The van der Waals surface area contributed by atoms with Gasteiger partial charge >= 0.3 is 0 Å². The van der Waals surface area contributed by atoms with Gasteiger partial charge in [0.2, 0.25) is 0 Å². The van der Waals surface area contributed by atoms with Gasteiger partial charge in [-0.2, -0.15) is 0 Å². The van der Waals surface area contributed by atoms with E-state index in [1.54, 1.807) is 25.1 Å². The van der Waals surface area contributed by atoms with Crippen molar-refractivity contribution in [3.05, 3.63) is 58.1 Å². The molecule has 0 saturated heterocycles. The van der Waals surface area contributed by atoms with E-state index in [-0.39, 0.29) is 11.3 Å². The molecule has 0 atom stereocenters. The Morgan fingerprint density at radius 3 is 2.60 bits per heavy atom. The molecule has 0 unspecified atom stereocenters. The maximum absolute atomic E-state index is 13.6. The Labute approximate surface area is 119 Å². The van der Waals surface area contributed by atoms with E-state index in [0.29, 0.717) is 16.8 Å². The van der Waals surface area contributed by atoms with E-state index in [1.807, 2.05) is 0 Å². The molecule has 0 bridgehead atoms. The average molecular weight is 297 g/mol. The number of aryl methyl sites for hydroxylation is 1. The van der Waals surface area contributed by atoms with Gasteiger partial charge in [-0.25, -0.2) is 8.78 Å².